The molecule has 196 valence electrons. The number of ether oxygens (including phenoxy) is 2. The predicted octanol–water partition coefficient (Wildman–Crippen LogP) is 9.28. The second-order valence-electron chi connectivity index (χ2n) is 10.5. The standard InChI is InChI=1S/C31H50N2O2/c1-5-6-7-8-9-10-11-12-13-22-34-30-24-32-31(33-25-30)28-17-19-29(20-18-28)35-23-21-27(4)16-14-15-26(2)3/h17-20,24-27H,5-16,21-23H2,1-4H3/t27-/m0/s1. The Morgan fingerprint density at radius 2 is 1.23 bits per heavy atom. The first-order chi connectivity index (χ1) is 17.1. The Kier molecular flexibility index (Phi) is 15.2. The molecule has 2 aromatic rings. The van der Waals surface area contributed by atoms with E-state index >= 15 is 0 Å². The van der Waals surface area contributed by atoms with Crippen LogP contribution < -0.4 is 9.47 Å². The van der Waals surface area contributed by atoms with Gasteiger partial charge in [-0.1, -0.05) is 98.3 Å². The van der Waals surface area contributed by atoms with E-state index < -0.39 is 0 Å². The van der Waals surface area contributed by atoms with Crippen LogP contribution in [0.3, 0.4) is 0 Å². The summed E-state index contributed by atoms with van der Waals surface area (Å²) in [7, 11) is 0. The molecule has 4 heteroatoms. The molecule has 0 saturated heterocycles. The summed E-state index contributed by atoms with van der Waals surface area (Å²) in [5.74, 6) is 3.88. The van der Waals surface area contributed by atoms with Gasteiger partial charge in [-0.15, -0.1) is 0 Å². The molecule has 4 nitrogen and oxygen atoms in total. The third kappa shape index (κ3) is 13.5. The first kappa shape index (κ1) is 29.1. The summed E-state index contributed by atoms with van der Waals surface area (Å²) in [6.07, 6.45) is 20.4. The summed E-state index contributed by atoms with van der Waals surface area (Å²) in [6, 6.07) is 8.08. The van der Waals surface area contributed by atoms with Crippen molar-refractivity contribution in [2.75, 3.05) is 13.2 Å². The molecule has 1 aromatic heterocycles. The zero-order chi connectivity index (χ0) is 25.1. The van der Waals surface area contributed by atoms with Crippen LogP contribution in [0.2, 0.25) is 0 Å². The normalized spacial score (nSPS) is 12.1. The molecule has 35 heavy (non-hydrogen) atoms. The second kappa shape index (κ2) is 18.2. The van der Waals surface area contributed by atoms with Gasteiger partial charge in [-0.25, -0.2) is 9.97 Å². The van der Waals surface area contributed by atoms with Crippen LogP contribution in [-0.4, -0.2) is 23.2 Å². The van der Waals surface area contributed by atoms with E-state index in [2.05, 4.69) is 37.7 Å². The predicted molar refractivity (Wildman–Crippen MR) is 148 cm³/mol. The van der Waals surface area contributed by atoms with Crippen molar-refractivity contribution in [3.05, 3.63) is 36.7 Å². The highest BCUT2D eigenvalue weighted by Crippen LogP contribution is 2.22. The van der Waals surface area contributed by atoms with E-state index in [0.717, 1.165) is 49.0 Å². The van der Waals surface area contributed by atoms with Crippen LogP contribution in [0, 0.1) is 11.8 Å². The largest absolute Gasteiger partial charge is 0.494 e. The van der Waals surface area contributed by atoms with Crippen LogP contribution in [0.25, 0.3) is 11.4 Å². The molecule has 0 aliphatic carbocycles. The van der Waals surface area contributed by atoms with E-state index in [1.165, 1.54) is 70.6 Å². The summed E-state index contributed by atoms with van der Waals surface area (Å²) in [5.41, 5.74) is 0.991. The lowest BCUT2D eigenvalue weighted by Crippen LogP contribution is -2.04. The molecule has 0 amide bonds. The summed E-state index contributed by atoms with van der Waals surface area (Å²) < 4.78 is 11.8. The van der Waals surface area contributed by atoms with Gasteiger partial charge >= 0.3 is 0 Å². The fraction of sp³-hybridized carbons (Fsp3) is 0.677. The van der Waals surface area contributed by atoms with Gasteiger partial charge in [0.15, 0.2) is 11.6 Å². The molecule has 0 unspecified atom stereocenters. The average molecular weight is 483 g/mol. The molecule has 0 saturated carbocycles. The average Bonchev–Trinajstić information content (AvgIpc) is 2.86. The van der Waals surface area contributed by atoms with Crippen LogP contribution in [0.5, 0.6) is 11.5 Å². The quantitative estimate of drug-likeness (QED) is 0.176. The van der Waals surface area contributed by atoms with Crippen molar-refractivity contribution in [3.8, 4) is 22.9 Å². The highest BCUT2D eigenvalue weighted by Gasteiger charge is 2.06. The zero-order valence-corrected chi connectivity index (χ0v) is 22.9. The molecule has 0 N–H and O–H groups in total. The van der Waals surface area contributed by atoms with Crippen LogP contribution in [0.1, 0.15) is 111 Å². The lowest BCUT2D eigenvalue weighted by molar-refractivity contribution is 0.276. The van der Waals surface area contributed by atoms with Crippen molar-refractivity contribution in [2.45, 2.75) is 111 Å². The molecule has 1 heterocycles. The molecule has 0 aliphatic rings. The van der Waals surface area contributed by atoms with Gasteiger partial charge in [0.2, 0.25) is 0 Å². The fourth-order valence-corrected chi connectivity index (χ4v) is 4.24. The van der Waals surface area contributed by atoms with Crippen molar-refractivity contribution in [3.63, 3.8) is 0 Å². The monoisotopic (exact) mass is 482 g/mol. The maximum absolute atomic E-state index is 5.95. The maximum Gasteiger partial charge on any atom is 0.159 e. The smallest absolute Gasteiger partial charge is 0.159 e. The van der Waals surface area contributed by atoms with Gasteiger partial charge < -0.3 is 9.47 Å². The van der Waals surface area contributed by atoms with Crippen LogP contribution >= 0.6 is 0 Å². The third-order valence-electron chi connectivity index (χ3n) is 6.62. The molecule has 0 radical (unpaired) electrons. The number of aromatic nitrogens is 2. The summed E-state index contributed by atoms with van der Waals surface area (Å²) >= 11 is 0. The third-order valence-corrected chi connectivity index (χ3v) is 6.62. The Morgan fingerprint density at radius 3 is 1.86 bits per heavy atom. The highest BCUT2D eigenvalue weighted by molar-refractivity contribution is 5.56. The molecule has 0 spiro atoms. The summed E-state index contributed by atoms with van der Waals surface area (Å²) in [5, 5.41) is 0. The van der Waals surface area contributed by atoms with Crippen molar-refractivity contribution in [2.24, 2.45) is 11.8 Å². The van der Waals surface area contributed by atoms with Crippen LogP contribution in [0.4, 0.5) is 0 Å². The lowest BCUT2D eigenvalue weighted by atomic mass is 9.98. The van der Waals surface area contributed by atoms with E-state index in [4.69, 9.17) is 9.47 Å². The molecule has 0 aliphatic heterocycles. The van der Waals surface area contributed by atoms with Gasteiger partial charge in [0, 0.05) is 5.56 Å². The minimum Gasteiger partial charge on any atom is -0.494 e. The Bertz CT molecular complexity index is 759. The second-order valence-corrected chi connectivity index (χ2v) is 10.5. The fourth-order valence-electron chi connectivity index (χ4n) is 4.24. The van der Waals surface area contributed by atoms with E-state index in [1.807, 2.05) is 24.3 Å². The first-order valence-electron chi connectivity index (χ1n) is 14.3. The SMILES string of the molecule is CCCCCCCCCCCOc1cnc(-c2ccc(OCC[C@@H](C)CCCC(C)C)cc2)nc1. The van der Waals surface area contributed by atoms with Crippen LogP contribution in [-0.2, 0) is 0 Å². The van der Waals surface area contributed by atoms with E-state index in [-0.39, 0.29) is 0 Å². The van der Waals surface area contributed by atoms with Gasteiger partial charge in [0.05, 0.1) is 25.6 Å². The maximum atomic E-state index is 5.95. The minimum absolute atomic E-state index is 0.711. The Hall–Kier alpha value is -2.10. The Labute approximate surface area is 215 Å². The zero-order valence-electron chi connectivity index (χ0n) is 22.9. The Morgan fingerprint density at radius 1 is 0.629 bits per heavy atom. The van der Waals surface area contributed by atoms with Crippen molar-refractivity contribution in [1.82, 2.24) is 9.97 Å². The van der Waals surface area contributed by atoms with Crippen molar-refractivity contribution in [1.29, 1.82) is 0 Å². The van der Waals surface area contributed by atoms with Crippen LogP contribution in [0.15, 0.2) is 36.7 Å². The number of benzene rings is 1. The van der Waals surface area contributed by atoms with E-state index in [0.29, 0.717) is 11.7 Å². The van der Waals surface area contributed by atoms with E-state index in [1.54, 1.807) is 12.4 Å². The summed E-state index contributed by atoms with van der Waals surface area (Å²) in [4.78, 5) is 8.98. The van der Waals surface area contributed by atoms with Gasteiger partial charge in [0.25, 0.3) is 0 Å². The number of unbranched alkanes of at least 4 members (excludes halogenated alkanes) is 8. The number of nitrogens with zero attached hydrogens (tertiary/aromatic N) is 2. The lowest BCUT2D eigenvalue weighted by Gasteiger charge is -2.13. The number of hydrogen-bond donors (Lipinski definition) is 0. The molecule has 0 bridgehead atoms. The van der Waals surface area contributed by atoms with Gasteiger partial charge in [-0.3, -0.25) is 0 Å². The van der Waals surface area contributed by atoms with Crippen molar-refractivity contribution >= 4 is 0 Å². The molecule has 1 atom stereocenters. The Balaban J connectivity index is 1.60. The molecular weight excluding hydrogens is 432 g/mol. The number of hydrogen-bond acceptors (Lipinski definition) is 4. The van der Waals surface area contributed by atoms with E-state index in [9.17, 15) is 0 Å². The number of rotatable bonds is 20. The molecule has 1 aromatic carbocycles. The van der Waals surface area contributed by atoms with Gasteiger partial charge in [-0.05, 0) is 48.9 Å². The van der Waals surface area contributed by atoms with Gasteiger partial charge in [0.1, 0.15) is 5.75 Å². The highest BCUT2D eigenvalue weighted by atomic mass is 16.5. The molecule has 0 fully saturated rings. The van der Waals surface area contributed by atoms with Crippen molar-refractivity contribution < 1.29 is 9.47 Å². The molecular formula is C31H50N2O2. The topological polar surface area (TPSA) is 44.2 Å². The van der Waals surface area contributed by atoms with Gasteiger partial charge in [-0.2, -0.15) is 0 Å². The first-order valence-corrected chi connectivity index (χ1v) is 14.3. The molecule has 2 rings (SSSR count). The minimum atomic E-state index is 0.711. The summed E-state index contributed by atoms with van der Waals surface area (Å²) in [6.45, 7) is 10.7.